The van der Waals surface area contributed by atoms with E-state index in [-0.39, 0.29) is 36.1 Å². The smallest absolute Gasteiger partial charge is 0.316 e. The number of carboxylic acid groups (broad SMARTS) is 1. The highest BCUT2D eigenvalue weighted by Crippen LogP contribution is 2.20. The molecule has 1 rings (SSSR count). The molecular formula is C13H22N2O4S. The molecule has 20 heavy (non-hydrogen) atoms. The number of carboxylic acids is 1. The Hall–Kier alpha value is -1.24. The van der Waals surface area contributed by atoms with Crippen LogP contribution in [0.15, 0.2) is 0 Å². The van der Waals surface area contributed by atoms with Crippen LogP contribution in [-0.2, 0) is 14.4 Å². The first-order valence-electron chi connectivity index (χ1n) is 6.69. The molecule has 1 atom stereocenters. The van der Waals surface area contributed by atoms with E-state index in [2.05, 4.69) is 5.32 Å². The molecule has 1 aliphatic carbocycles. The number of nitrogens with one attached hydrogen (secondary N) is 1. The standard InChI is InChI=1S/C13H22N2O4S/c1-8(2)12(13(18)19)20-7-11(17)15(3)6-10(16)14-9-4-5-9/h8-9,12H,4-7H2,1-3H3,(H,14,16)(H,18,19). The fraction of sp³-hybridized carbons (Fsp3) is 0.769. The topological polar surface area (TPSA) is 86.7 Å². The molecule has 1 fully saturated rings. The third kappa shape index (κ3) is 5.81. The van der Waals surface area contributed by atoms with E-state index < -0.39 is 11.2 Å². The van der Waals surface area contributed by atoms with Gasteiger partial charge in [-0.25, -0.2) is 0 Å². The molecule has 0 aromatic rings. The van der Waals surface area contributed by atoms with Crippen LogP contribution in [0.3, 0.4) is 0 Å². The Morgan fingerprint density at radius 2 is 1.95 bits per heavy atom. The molecule has 2 amide bonds. The van der Waals surface area contributed by atoms with Gasteiger partial charge in [0.1, 0.15) is 5.25 Å². The summed E-state index contributed by atoms with van der Waals surface area (Å²) in [5, 5.41) is 11.2. The van der Waals surface area contributed by atoms with E-state index in [4.69, 9.17) is 5.11 Å². The van der Waals surface area contributed by atoms with Gasteiger partial charge in [0.05, 0.1) is 12.3 Å². The van der Waals surface area contributed by atoms with Gasteiger partial charge in [-0.15, -0.1) is 11.8 Å². The average Bonchev–Trinajstić information content (AvgIpc) is 3.11. The first-order valence-corrected chi connectivity index (χ1v) is 7.74. The van der Waals surface area contributed by atoms with Crippen LogP contribution in [0, 0.1) is 5.92 Å². The molecule has 1 saturated carbocycles. The number of aliphatic carboxylic acids is 1. The Labute approximate surface area is 123 Å². The lowest BCUT2D eigenvalue weighted by atomic mass is 10.1. The Morgan fingerprint density at radius 1 is 1.35 bits per heavy atom. The third-order valence-corrected chi connectivity index (χ3v) is 4.50. The van der Waals surface area contributed by atoms with Crippen LogP contribution in [0.1, 0.15) is 26.7 Å². The van der Waals surface area contributed by atoms with E-state index >= 15 is 0 Å². The molecule has 1 aliphatic rings. The van der Waals surface area contributed by atoms with Crippen LogP contribution in [0.5, 0.6) is 0 Å². The summed E-state index contributed by atoms with van der Waals surface area (Å²) < 4.78 is 0. The number of carbonyl (C=O) groups excluding carboxylic acids is 2. The van der Waals surface area contributed by atoms with Crippen molar-refractivity contribution in [3.63, 3.8) is 0 Å². The Morgan fingerprint density at radius 3 is 2.40 bits per heavy atom. The normalized spacial score (nSPS) is 15.8. The summed E-state index contributed by atoms with van der Waals surface area (Å²) in [6.45, 7) is 3.64. The van der Waals surface area contributed by atoms with Crippen molar-refractivity contribution in [2.45, 2.75) is 38.0 Å². The van der Waals surface area contributed by atoms with Gasteiger partial charge in [0.15, 0.2) is 0 Å². The SMILES string of the molecule is CC(C)C(SCC(=O)N(C)CC(=O)NC1CC1)C(=O)O. The van der Waals surface area contributed by atoms with Gasteiger partial charge in [-0.05, 0) is 18.8 Å². The van der Waals surface area contributed by atoms with E-state index in [1.54, 1.807) is 7.05 Å². The van der Waals surface area contributed by atoms with E-state index in [9.17, 15) is 14.4 Å². The number of hydrogen-bond acceptors (Lipinski definition) is 4. The zero-order valence-corrected chi connectivity index (χ0v) is 12.9. The number of likely N-dealkylation sites (N-methyl/N-ethyl adjacent to an activating group) is 1. The minimum Gasteiger partial charge on any atom is -0.480 e. The molecule has 2 N–H and O–H groups in total. The zero-order chi connectivity index (χ0) is 15.3. The highest BCUT2D eigenvalue weighted by Gasteiger charge is 2.26. The predicted octanol–water partition coefficient (Wildman–Crippen LogP) is 0.566. The highest BCUT2D eigenvalue weighted by molar-refractivity contribution is 8.01. The van der Waals surface area contributed by atoms with Gasteiger partial charge in [-0.3, -0.25) is 14.4 Å². The molecule has 0 saturated heterocycles. The lowest BCUT2D eigenvalue weighted by molar-refractivity contribution is -0.137. The van der Waals surface area contributed by atoms with Gasteiger partial charge in [0.25, 0.3) is 0 Å². The average molecular weight is 302 g/mol. The van der Waals surface area contributed by atoms with Crippen LogP contribution < -0.4 is 5.32 Å². The van der Waals surface area contributed by atoms with Crippen LogP contribution in [-0.4, -0.2) is 58.4 Å². The zero-order valence-electron chi connectivity index (χ0n) is 12.1. The summed E-state index contributed by atoms with van der Waals surface area (Å²) >= 11 is 1.11. The lowest BCUT2D eigenvalue weighted by Crippen LogP contribution is -2.40. The van der Waals surface area contributed by atoms with Crippen LogP contribution in [0.2, 0.25) is 0 Å². The number of thioether (sulfide) groups is 1. The minimum absolute atomic E-state index is 0.0231. The summed E-state index contributed by atoms with van der Waals surface area (Å²) in [5.41, 5.74) is 0. The summed E-state index contributed by atoms with van der Waals surface area (Å²) in [6, 6.07) is 0.276. The first-order chi connectivity index (χ1) is 9.31. The van der Waals surface area contributed by atoms with Crippen molar-refractivity contribution in [1.82, 2.24) is 10.2 Å². The van der Waals surface area contributed by atoms with Crippen molar-refractivity contribution in [2.75, 3.05) is 19.3 Å². The summed E-state index contributed by atoms with van der Waals surface area (Å²) in [7, 11) is 1.56. The van der Waals surface area contributed by atoms with E-state index in [1.807, 2.05) is 13.8 Å². The molecular weight excluding hydrogens is 280 g/mol. The second-order valence-electron chi connectivity index (χ2n) is 5.41. The quantitative estimate of drug-likeness (QED) is 0.684. The molecule has 6 nitrogen and oxygen atoms in total. The van der Waals surface area contributed by atoms with Gasteiger partial charge in [-0.1, -0.05) is 13.8 Å². The van der Waals surface area contributed by atoms with Gasteiger partial charge in [-0.2, -0.15) is 0 Å². The second-order valence-corrected chi connectivity index (χ2v) is 6.54. The minimum atomic E-state index is -0.910. The molecule has 0 aliphatic heterocycles. The van der Waals surface area contributed by atoms with Crippen molar-refractivity contribution in [3.05, 3.63) is 0 Å². The molecule has 0 aromatic heterocycles. The summed E-state index contributed by atoms with van der Waals surface area (Å²) in [4.78, 5) is 35.8. The highest BCUT2D eigenvalue weighted by atomic mass is 32.2. The third-order valence-electron chi connectivity index (χ3n) is 2.98. The van der Waals surface area contributed by atoms with Gasteiger partial charge < -0.3 is 15.3 Å². The summed E-state index contributed by atoms with van der Waals surface area (Å²) in [5.74, 6) is -1.27. The molecule has 0 radical (unpaired) electrons. The van der Waals surface area contributed by atoms with E-state index in [1.165, 1.54) is 4.90 Å². The lowest BCUT2D eigenvalue weighted by Gasteiger charge is -2.19. The van der Waals surface area contributed by atoms with E-state index in [0.29, 0.717) is 0 Å². The maximum absolute atomic E-state index is 11.9. The van der Waals surface area contributed by atoms with Gasteiger partial charge in [0.2, 0.25) is 11.8 Å². The van der Waals surface area contributed by atoms with Crippen LogP contribution in [0.25, 0.3) is 0 Å². The van der Waals surface area contributed by atoms with E-state index in [0.717, 1.165) is 24.6 Å². The number of nitrogens with zero attached hydrogens (tertiary/aromatic N) is 1. The van der Waals surface area contributed by atoms with Crippen LogP contribution in [0.4, 0.5) is 0 Å². The maximum Gasteiger partial charge on any atom is 0.316 e. The molecule has 0 heterocycles. The molecule has 0 spiro atoms. The molecule has 114 valence electrons. The second kappa shape index (κ2) is 7.52. The fourth-order valence-electron chi connectivity index (χ4n) is 1.62. The van der Waals surface area contributed by atoms with Crippen molar-refractivity contribution in [1.29, 1.82) is 0 Å². The van der Waals surface area contributed by atoms with Crippen molar-refractivity contribution >= 4 is 29.5 Å². The van der Waals surface area contributed by atoms with Crippen molar-refractivity contribution in [2.24, 2.45) is 5.92 Å². The van der Waals surface area contributed by atoms with Crippen molar-refractivity contribution < 1.29 is 19.5 Å². The fourth-order valence-corrected chi connectivity index (χ4v) is 2.69. The Kier molecular flexibility index (Phi) is 6.32. The molecule has 0 bridgehead atoms. The maximum atomic E-state index is 11.9. The number of rotatable bonds is 8. The molecule has 1 unspecified atom stereocenters. The predicted molar refractivity (Wildman–Crippen MR) is 77.5 cm³/mol. The number of amides is 2. The number of hydrogen-bond donors (Lipinski definition) is 2. The monoisotopic (exact) mass is 302 g/mol. The van der Waals surface area contributed by atoms with Crippen molar-refractivity contribution in [3.8, 4) is 0 Å². The summed E-state index contributed by atoms with van der Waals surface area (Å²) in [6.07, 6.45) is 2.02. The van der Waals surface area contributed by atoms with Gasteiger partial charge >= 0.3 is 5.97 Å². The largest absolute Gasteiger partial charge is 0.480 e. The first kappa shape index (κ1) is 16.8. The Balaban J connectivity index is 2.32. The molecule has 7 heteroatoms. The van der Waals surface area contributed by atoms with Crippen LogP contribution >= 0.6 is 11.8 Å². The molecule has 0 aromatic carbocycles. The van der Waals surface area contributed by atoms with Gasteiger partial charge in [0, 0.05) is 13.1 Å². The number of carbonyl (C=O) groups is 3. The Bertz CT molecular complexity index is 383.